The number of carbonyl (C=O) groups excluding carboxylic acids is 2. The number of unbranched alkanes of at least 4 members (excludes halogenated alkanes) is 27. The highest BCUT2D eigenvalue weighted by molar-refractivity contribution is 5.80. The molecule has 6 N–H and O–H groups in total. The van der Waals surface area contributed by atoms with Crippen LogP contribution in [0.3, 0.4) is 0 Å². The van der Waals surface area contributed by atoms with Crippen molar-refractivity contribution < 1.29 is 49.3 Å². The summed E-state index contributed by atoms with van der Waals surface area (Å²) < 4.78 is 17.7. The van der Waals surface area contributed by atoms with Crippen LogP contribution in [-0.2, 0) is 23.8 Å². The van der Waals surface area contributed by atoms with Gasteiger partial charge in [0, 0.05) is 6.42 Å². The van der Waals surface area contributed by atoms with Gasteiger partial charge in [-0.1, -0.05) is 284 Å². The monoisotopic (exact) mass is 1220 g/mol. The fourth-order valence-corrected chi connectivity index (χ4v) is 10.3. The van der Waals surface area contributed by atoms with E-state index >= 15 is 0 Å². The highest BCUT2D eigenvalue weighted by atomic mass is 16.7. The average Bonchev–Trinajstić information content (AvgIpc) is 1.30. The molecule has 0 spiro atoms. The van der Waals surface area contributed by atoms with Gasteiger partial charge in [-0.15, -0.1) is 0 Å². The summed E-state index contributed by atoms with van der Waals surface area (Å²) in [6, 6.07) is -1.04. The van der Waals surface area contributed by atoms with Crippen LogP contribution in [0.4, 0.5) is 0 Å². The number of aliphatic hydroxyl groups is 5. The van der Waals surface area contributed by atoms with E-state index in [1.54, 1.807) is 6.08 Å². The molecule has 8 unspecified atom stereocenters. The first kappa shape index (κ1) is 81.1. The van der Waals surface area contributed by atoms with Crippen molar-refractivity contribution in [3.8, 4) is 0 Å². The molecule has 0 aromatic heterocycles. The fourth-order valence-electron chi connectivity index (χ4n) is 10.3. The van der Waals surface area contributed by atoms with Crippen molar-refractivity contribution in [1.82, 2.24) is 5.32 Å². The van der Waals surface area contributed by atoms with Crippen molar-refractivity contribution in [1.29, 1.82) is 0 Å². The predicted octanol–water partition coefficient (Wildman–Crippen LogP) is 18.2. The van der Waals surface area contributed by atoms with Crippen LogP contribution in [0.2, 0.25) is 0 Å². The molecule has 1 aliphatic heterocycles. The molecule has 498 valence electrons. The zero-order valence-electron chi connectivity index (χ0n) is 55.3. The number of hydrogen-bond acceptors (Lipinski definition) is 10. The Hall–Kier alpha value is -3.94. The minimum absolute atomic E-state index is 0.0968. The van der Waals surface area contributed by atoms with Gasteiger partial charge in [-0.2, -0.15) is 0 Å². The molecule has 0 aromatic carbocycles. The van der Waals surface area contributed by atoms with Gasteiger partial charge in [0.1, 0.15) is 24.4 Å². The number of carbonyl (C=O) groups is 2. The van der Waals surface area contributed by atoms with Gasteiger partial charge in [0.2, 0.25) is 5.91 Å². The number of hydrogen-bond donors (Lipinski definition) is 6. The minimum atomic E-state index is -1.63. The summed E-state index contributed by atoms with van der Waals surface area (Å²) >= 11 is 0. The van der Waals surface area contributed by atoms with Gasteiger partial charge in [-0.3, -0.25) is 9.59 Å². The fraction of sp³-hybridized carbons (Fsp3) is 0.711. The number of rotatable bonds is 59. The standard InChI is InChI=1S/C76H129NO10/c1-4-7-10-13-16-19-22-24-26-28-30-32-33-34-35-36-38-39-41-43-45-48-51-54-57-60-63-69(80)75(84)77-67(68(79)62-59-56-53-50-47-21-18-15-12-9-6-3)66-85-76-74(73(83)72(82)70(65-78)86-76)87-71(81)64-61-58-55-52-49-46-44-42-40-37-31-29-27-25-23-20-17-14-11-8-5-2/h7,10,16-17,19-20,24-27,30-32,34-35,37,42,44,59,62,67-70,72-74,76,78-80,82-83H,4-6,8-9,11-15,18,21-23,28-29,33,36,38-41,43,45-58,60-61,63-66H2,1-3H3,(H,77,84)/b10-7-,19-16-,20-17-,26-24-,27-25-,32-30-,35-34-,37-31-,44-42-,62-59+. The number of allylic oxidation sites excluding steroid dienone is 19. The highest BCUT2D eigenvalue weighted by Gasteiger charge is 2.47. The molecule has 8 atom stereocenters. The van der Waals surface area contributed by atoms with Gasteiger partial charge in [0.05, 0.1) is 25.4 Å². The molecule has 1 amide bonds. The molecule has 11 heteroatoms. The van der Waals surface area contributed by atoms with Crippen LogP contribution in [0, 0.1) is 0 Å². The second-order valence-corrected chi connectivity index (χ2v) is 23.9. The molecule has 0 saturated carbocycles. The third-order valence-corrected chi connectivity index (χ3v) is 15.8. The minimum Gasteiger partial charge on any atom is -0.454 e. The second-order valence-electron chi connectivity index (χ2n) is 23.9. The predicted molar refractivity (Wildman–Crippen MR) is 365 cm³/mol. The van der Waals surface area contributed by atoms with Crippen molar-refractivity contribution in [2.24, 2.45) is 0 Å². The Balaban J connectivity index is 2.58. The third-order valence-electron chi connectivity index (χ3n) is 15.8. The van der Waals surface area contributed by atoms with E-state index in [0.29, 0.717) is 12.8 Å². The first-order valence-corrected chi connectivity index (χ1v) is 35.3. The molecule has 1 aliphatic rings. The molecule has 1 rings (SSSR count). The van der Waals surface area contributed by atoms with E-state index in [9.17, 15) is 35.1 Å². The Labute approximate surface area is 531 Å². The molecular formula is C76H129NO10. The third kappa shape index (κ3) is 49.5. The molecule has 0 bridgehead atoms. The molecule has 0 aliphatic carbocycles. The van der Waals surface area contributed by atoms with E-state index in [1.807, 2.05) is 6.08 Å². The average molecular weight is 1220 g/mol. The lowest BCUT2D eigenvalue weighted by Gasteiger charge is -2.41. The van der Waals surface area contributed by atoms with Gasteiger partial charge in [0.15, 0.2) is 12.4 Å². The highest BCUT2D eigenvalue weighted by Crippen LogP contribution is 2.26. The summed E-state index contributed by atoms with van der Waals surface area (Å²) in [6.45, 7) is 5.64. The van der Waals surface area contributed by atoms with Crippen LogP contribution in [-0.4, -0.2) is 99.6 Å². The van der Waals surface area contributed by atoms with E-state index in [1.165, 1.54) is 103 Å². The SMILES string of the molecule is CC/C=C\C/C=C\C/C=C\C/C=C\C/C=C\CCCCCCCCCCCCC(O)C(=O)NC(COC1OC(CO)C(O)C(O)C1OC(=O)CCCCCCC/C=C\C/C=C\C/C=C\C/C=C\CCCCC)C(O)/C=C/CCCCCCCCCCC. The lowest BCUT2D eigenvalue weighted by Crippen LogP contribution is -2.61. The Kier molecular flexibility index (Phi) is 58.0. The lowest BCUT2D eigenvalue weighted by molar-refractivity contribution is -0.305. The van der Waals surface area contributed by atoms with E-state index in [2.05, 4.69) is 135 Å². The van der Waals surface area contributed by atoms with Gasteiger partial charge >= 0.3 is 5.97 Å². The molecule has 0 aromatic rings. The molecule has 1 fully saturated rings. The first-order valence-electron chi connectivity index (χ1n) is 35.3. The summed E-state index contributed by atoms with van der Waals surface area (Å²) in [4.78, 5) is 26.7. The van der Waals surface area contributed by atoms with Gasteiger partial charge in [-0.25, -0.2) is 0 Å². The molecular weight excluding hydrogens is 1090 g/mol. The smallest absolute Gasteiger partial charge is 0.306 e. The van der Waals surface area contributed by atoms with Crippen LogP contribution in [0.5, 0.6) is 0 Å². The van der Waals surface area contributed by atoms with Gasteiger partial charge in [0.25, 0.3) is 0 Å². The quantitative estimate of drug-likeness (QED) is 0.0195. The summed E-state index contributed by atoms with van der Waals surface area (Å²) in [7, 11) is 0. The Bertz CT molecular complexity index is 1880. The normalized spacial score (nSPS) is 19.0. The summed E-state index contributed by atoms with van der Waals surface area (Å²) in [5.41, 5.74) is 0. The summed E-state index contributed by atoms with van der Waals surface area (Å²) in [5, 5.41) is 57.2. The van der Waals surface area contributed by atoms with Crippen molar-refractivity contribution in [2.45, 2.75) is 333 Å². The van der Waals surface area contributed by atoms with Gasteiger partial charge < -0.3 is 45.1 Å². The summed E-state index contributed by atoms with van der Waals surface area (Å²) in [5.74, 6) is -1.22. The molecule has 1 heterocycles. The number of amides is 1. The van der Waals surface area contributed by atoms with Crippen LogP contribution < -0.4 is 5.32 Å². The van der Waals surface area contributed by atoms with Crippen LogP contribution >= 0.6 is 0 Å². The largest absolute Gasteiger partial charge is 0.454 e. The lowest BCUT2D eigenvalue weighted by atomic mass is 9.99. The van der Waals surface area contributed by atoms with Crippen LogP contribution in [0.1, 0.15) is 284 Å². The number of ether oxygens (including phenoxy) is 3. The van der Waals surface area contributed by atoms with Gasteiger partial charge in [-0.05, 0) is 116 Å². The van der Waals surface area contributed by atoms with E-state index in [0.717, 1.165) is 135 Å². The number of esters is 1. The van der Waals surface area contributed by atoms with E-state index in [4.69, 9.17) is 14.2 Å². The van der Waals surface area contributed by atoms with Crippen molar-refractivity contribution in [2.75, 3.05) is 13.2 Å². The van der Waals surface area contributed by atoms with Crippen molar-refractivity contribution >= 4 is 11.9 Å². The molecule has 1 saturated heterocycles. The maximum absolute atomic E-state index is 13.5. The van der Waals surface area contributed by atoms with Crippen molar-refractivity contribution in [3.63, 3.8) is 0 Å². The number of nitrogens with one attached hydrogen (secondary N) is 1. The topological polar surface area (TPSA) is 175 Å². The first-order chi connectivity index (χ1) is 42.7. The van der Waals surface area contributed by atoms with E-state index in [-0.39, 0.29) is 19.4 Å². The maximum atomic E-state index is 13.5. The zero-order valence-corrected chi connectivity index (χ0v) is 55.3. The van der Waals surface area contributed by atoms with E-state index < -0.39 is 67.4 Å². The molecule has 11 nitrogen and oxygen atoms in total. The maximum Gasteiger partial charge on any atom is 0.306 e. The Morgan fingerprint density at radius 2 is 0.828 bits per heavy atom. The Morgan fingerprint density at radius 3 is 1.26 bits per heavy atom. The molecule has 87 heavy (non-hydrogen) atoms. The second kappa shape index (κ2) is 62.3. The Morgan fingerprint density at radius 1 is 0.460 bits per heavy atom. The van der Waals surface area contributed by atoms with Crippen molar-refractivity contribution in [3.05, 3.63) is 122 Å². The summed E-state index contributed by atoms with van der Waals surface area (Å²) in [6.07, 6.45) is 76.6. The zero-order chi connectivity index (χ0) is 63.1. The molecule has 0 radical (unpaired) electrons. The van der Waals surface area contributed by atoms with Crippen LogP contribution in [0.25, 0.3) is 0 Å². The number of aliphatic hydroxyl groups excluding tert-OH is 5. The van der Waals surface area contributed by atoms with Crippen LogP contribution in [0.15, 0.2) is 122 Å².